The molecule has 1 fully saturated rings. The third-order valence-electron chi connectivity index (χ3n) is 8.17. The molecule has 2 aliphatic rings. The average Bonchev–Trinajstić information content (AvgIpc) is 3.38. The van der Waals surface area contributed by atoms with Crippen LogP contribution in [0.25, 0.3) is 10.2 Å². The number of carbonyl (C=O) groups excluding carboxylic acids is 2. The van der Waals surface area contributed by atoms with Crippen molar-refractivity contribution in [3.8, 4) is 11.5 Å². The van der Waals surface area contributed by atoms with Crippen molar-refractivity contribution in [2.45, 2.75) is 44.7 Å². The van der Waals surface area contributed by atoms with E-state index < -0.39 is 0 Å². The Morgan fingerprint density at radius 2 is 1.93 bits per heavy atom. The minimum atomic E-state index is -0.326. The monoisotopic (exact) mass is 596 g/mol. The van der Waals surface area contributed by atoms with E-state index in [-0.39, 0.29) is 24.0 Å². The first kappa shape index (κ1) is 28.9. The quantitative estimate of drug-likeness (QED) is 0.164. The lowest BCUT2D eigenvalue weighted by Gasteiger charge is -2.32. The number of thiophene rings is 1. The molecule has 2 aromatic carbocycles. The molecule has 5 N–H and O–H groups in total. The van der Waals surface area contributed by atoms with Crippen LogP contribution >= 0.6 is 11.3 Å². The smallest absolute Gasteiger partial charge is 0.331 e. The minimum Gasteiger partial charge on any atom is -0.457 e. The molecule has 6 rings (SSSR count). The van der Waals surface area contributed by atoms with Crippen LogP contribution in [0.3, 0.4) is 0 Å². The van der Waals surface area contributed by atoms with Crippen molar-refractivity contribution >= 4 is 50.6 Å². The summed E-state index contributed by atoms with van der Waals surface area (Å²) in [5, 5.41) is 10.1. The first-order valence-electron chi connectivity index (χ1n) is 14.7. The lowest BCUT2D eigenvalue weighted by molar-refractivity contribution is 0.0926. The highest BCUT2D eigenvalue weighted by atomic mass is 32.1. The summed E-state index contributed by atoms with van der Waals surface area (Å²) in [5.74, 6) is 1.65. The Balaban J connectivity index is 1.20. The van der Waals surface area contributed by atoms with Gasteiger partial charge < -0.3 is 26.4 Å². The van der Waals surface area contributed by atoms with Gasteiger partial charge in [0.05, 0.1) is 22.4 Å². The second-order valence-electron chi connectivity index (χ2n) is 11.1. The van der Waals surface area contributed by atoms with Crippen molar-refractivity contribution < 1.29 is 14.3 Å². The number of nitrogens with one attached hydrogen (secondary N) is 3. The molecule has 1 aliphatic heterocycles. The van der Waals surface area contributed by atoms with Gasteiger partial charge in [0.1, 0.15) is 21.2 Å². The zero-order chi connectivity index (χ0) is 29.9. The van der Waals surface area contributed by atoms with Gasteiger partial charge in [-0.1, -0.05) is 30.4 Å². The maximum atomic E-state index is 13.6. The summed E-state index contributed by atoms with van der Waals surface area (Å²) >= 11 is 1.30. The fourth-order valence-corrected chi connectivity index (χ4v) is 6.97. The summed E-state index contributed by atoms with van der Waals surface area (Å²) in [6, 6.07) is 16.8. The Morgan fingerprint density at radius 1 is 1.14 bits per heavy atom. The normalized spacial score (nSPS) is 19.0. The predicted octanol–water partition coefficient (Wildman–Crippen LogP) is 6.47. The van der Waals surface area contributed by atoms with Crippen LogP contribution in [0.15, 0.2) is 72.9 Å². The van der Waals surface area contributed by atoms with E-state index in [9.17, 15) is 9.59 Å². The van der Waals surface area contributed by atoms with E-state index in [0.29, 0.717) is 32.7 Å². The van der Waals surface area contributed by atoms with Crippen LogP contribution in [-0.2, 0) is 0 Å². The molecule has 0 radical (unpaired) electrons. The van der Waals surface area contributed by atoms with Crippen LogP contribution in [-0.4, -0.2) is 42.6 Å². The second-order valence-corrected chi connectivity index (χ2v) is 12.1. The summed E-state index contributed by atoms with van der Waals surface area (Å²) in [6.07, 6.45) is 9.49. The summed E-state index contributed by atoms with van der Waals surface area (Å²) in [4.78, 5) is 34.5. The fraction of sp³-hybridized carbons (Fsp3) is 0.303. The highest BCUT2D eigenvalue weighted by molar-refractivity contribution is 7.21. The Morgan fingerprint density at radius 3 is 2.67 bits per heavy atom. The van der Waals surface area contributed by atoms with Gasteiger partial charge in [-0.25, -0.2) is 9.78 Å². The first-order valence-corrected chi connectivity index (χ1v) is 15.5. The van der Waals surface area contributed by atoms with E-state index in [1.165, 1.54) is 11.3 Å². The zero-order valence-corrected chi connectivity index (χ0v) is 25.1. The van der Waals surface area contributed by atoms with Crippen molar-refractivity contribution in [1.82, 2.24) is 15.6 Å². The topological polar surface area (TPSA) is 122 Å². The number of pyridine rings is 1. The summed E-state index contributed by atoms with van der Waals surface area (Å²) < 4.78 is 5.99. The molecule has 4 aromatic rings. The van der Waals surface area contributed by atoms with Crippen LogP contribution in [0, 0.1) is 12.8 Å². The highest BCUT2D eigenvalue weighted by Crippen LogP contribution is 2.46. The molecule has 1 aliphatic carbocycles. The van der Waals surface area contributed by atoms with Crippen molar-refractivity contribution in [3.63, 3.8) is 0 Å². The second kappa shape index (κ2) is 12.5. The third kappa shape index (κ3) is 5.99. The Kier molecular flexibility index (Phi) is 8.42. The lowest BCUT2D eigenvalue weighted by atomic mass is 9.81. The Bertz CT molecular complexity index is 1660. The average molecular weight is 597 g/mol. The number of para-hydroxylation sites is 1. The maximum absolute atomic E-state index is 13.6. The number of nitrogens with zero attached hydrogens (tertiary/aromatic N) is 2. The molecule has 10 heteroatoms. The number of likely N-dealkylation sites (N-methyl/N-ethyl adjacent to an activating group) is 1. The highest BCUT2D eigenvalue weighted by Gasteiger charge is 2.34. The number of urea groups is 1. The maximum Gasteiger partial charge on any atom is 0.331 e. The number of anilines is 3. The number of hydrogen-bond acceptors (Lipinski definition) is 7. The van der Waals surface area contributed by atoms with Gasteiger partial charge in [-0.05, 0) is 87.5 Å². The Labute approximate surface area is 255 Å². The van der Waals surface area contributed by atoms with Crippen molar-refractivity contribution in [2.24, 2.45) is 11.7 Å². The molecule has 3 amide bonds. The SMILES string of the molecule is CNC/C=C/C(N)C1CCC(NC(=O)c2sc3nccc4c3c2NC(=O)N4c2ccc(Oc3ccccc3)cc2C)CC1. The van der Waals surface area contributed by atoms with E-state index >= 15 is 0 Å². The number of amides is 3. The molecule has 1 unspecified atom stereocenters. The number of rotatable bonds is 9. The summed E-state index contributed by atoms with van der Waals surface area (Å²) in [6.45, 7) is 2.75. The van der Waals surface area contributed by atoms with E-state index in [4.69, 9.17) is 10.5 Å². The van der Waals surface area contributed by atoms with Gasteiger partial charge in [-0.15, -0.1) is 11.3 Å². The van der Waals surface area contributed by atoms with Crippen LogP contribution in [0.2, 0.25) is 0 Å². The van der Waals surface area contributed by atoms with Crippen LogP contribution in [0.5, 0.6) is 11.5 Å². The van der Waals surface area contributed by atoms with Crippen LogP contribution in [0.4, 0.5) is 21.9 Å². The first-order chi connectivity index (χ1) is 20.9. The zero-order valence-electron chi connectivity index (χ0n) is 24.3. The van der Waals surface area contributed by atoms with Gasteiger partial charge in [0.15, 0.2) is 0 Å². The van der Waals surface area contributed by atoms with Crippen molar-refractivity contribution in [2.75, 3.05) is 23.8 Å². The van der Waals surface area contributed by atoms with Gasteiger partial charge in [0, 0.05) is 24.8 Å². The van der Waals surface area contributed by atoms with Gasteiger partial charge in [0.25, 0.3) is 5.91 Å². The molecule has 0 bridgehead atoms. The number of hydrogen-bond donors (Lipinski definition) is 4. The molecule has 3 heterocycles. The molecule has 9 nitrogen and oxygen atoms in total. The number of nitrogens with two attached hydrogens (primary N) is 1. The predicted molar refractivity (Wildman–Crippen MR) is 173 cm³/mol. The molecule has 0 saturated heterocycles. The third-order valence-corrected chi connectivity index (χ3v) is 9.27. The standard InChI is InChI=1S/C33H36N6O3S/c1-20-19-24(42-23-7-4-3-5-8-23)14-15-26(20)39-27-16-18-36-32-28(27)29(38-33(39)41)30(43-32)31(40)37-22-12-10-21(11-13-22)25(34)9-6-17-35-2/h3-9,14-16,18-19,21-22,25,35H,10-13,17,34H2,1-2H3,(H,37,40)(H,38,41)/b9-6+. The molecular weight excluding hydrogens is 560 g/mol. The van der Waals surface area contributed by atoms with Gasteiger partial charge in [0.2, 0.25) is 0 Å². The van der Waals surface area contributed by atoms with Gasteiger partial charge >= 0.3 is 6.03 Å². The minimum absolute atomic E-state index is 0.0240. The molecular formula is C33H36N6O3S. The largest absolute Gasteiger partial charge is 0.457 e. The molecule has 43 heavy (non-hydrogen) atoms. The molecule has 1 saturated carbocycles. The van der Waals surface area contributed by atoms with Crippen molar-refractivity contribution in [1.29, 1.82) is 0 Å². The summed E-state index contributed by atoms with van der Waals surface area (Å²) in [7, 11) is 1.91. The Hall–Kier alpha value is -4.25. The number of ether oxygens (including phenoxy) is 1. The molecule has 1 atom stereocenters. The van der Waals surface area contributed by atoms with Gasteiger partial charge in [-0.2, -0.15) is 0 Å². The van der Waals surface area contributed by atoms with Crippen molar-refractivity contribution in [3.05, 3.63) is 83.4 Å². The molecule has 222 valence electrons. The van der Waals surface area contributed by atoms with E-state index in [2.05, 4.69) is 33.1 Å². The van der Waals surface area contributed by atoms with Gasteiger partial charge in [-0.3, -0.25) is 9.69 Å². The fourth-order valence-electron chi connectivity index (χ4n) is 5.95. The lowest BCUT2D eigenvalue weighted by Crippen LogP contribution is -2.41. The van der Waals surface area contributed by atoms with Crippen LogP contribution < -0.4 is 31.3 Å². The molecule has 0 spiro atoms. The number of aryl methyl sites for hydroxylation is 1. The summed E-state index contributed by atoms with van der Waals surface area (Å²) in [5.41, 5.74) is 9.20. The van der Waals surface area contributed by atoms with Crippen LogP contribution in [0.1, 0.15) is 40.9 Å². The van der Waals surface area contributed by atoms with E-state index in [0.717, 1.165) is 54.6 Å². The van der Waals surface area contributed by atoms with E-state index in [1.807, 2.05) is 68.6 Å². The number of carbonyl (C=O) groups is 2. The number of benzene rings is 2. The van der Waals surface area contributed by atoms with E-state index in [1.54, 1.807) is 11.1 Å². The number of aromatic nitrogens is 1. The molecule has 2 aromatic heterocycles.